The molecule has 8 heteroatoms. The lowest BCUT2D eigenvalue weighted by molar-refractivity contribution is 0.141. The van der Waals surface area contributed by atoms with Crippen molar-refractivity contribution in [2.45, 2.75) is 18.2 Å². The van der Waals surface area contributed by atoms with Crippen LogP contribution in [0.3, 0.4) is 0 Å². The third-order valence-electron chi connectivity index (χ3n) is 1.94. The van der Waals surface area contributed by atoms with Gasteiger partial charge in [-0.3, -0.25) is 0 Å². The van der Waals surface area contributed by atoms with E-state index in [4.69, 9.17) is 15.4 Å². The van der Waals surface area contributed by atoms with Gasteiger partial charge in [-0.15, -0.1) is 0 Å². The second-order valence-electron chi connectivity index (χ2n) is 2.90. The number of hydrogen-bond donors (Lipinski definition) is 0. The average Bonchev–Trinajstić information content (AvgIpc) is 2.14. The second-order valence-corrected chi connectivity index (χ2v) is 5.44. The number of alkyl halides is 2. The fourth-order valence-electron chi connectivity index (χ4n) is 1.25. The first-order valence-corrected chi connectivity index (χ1v) is 6.36. The van der Waals surface area contributed by atoms with Crippen molar-refractivity contribution in [1.82, 2.24) is 4.98 Å². The van der Waals surface area contributed by atoms with Crippen molar-refractivity contribution < 1.29 is 21.9 Å². The molecule has 0 aliphatic carbocycles. The van der Waals surface area contributed by atoms with E-state index in [1.807, 2.05) is 0 Å². The molecule has 0 bridgehead atoms. The standard InChI is InChI=1S/C8H8ClF2NO3S/c1-4-5(16(9,13)14)3-12-6(8(10)11)7(4)15-2/h3,8H,1-2H3. The lowest BCUT2D eigenvalue weighted by Crippen LogP contribution is -2.04. The Hall–Kier alpha value is -0.950. The van der Waals surface area contributed by atoms with Crippen molar-refractivity contribution in [3.8, 4) is 5.75 Å². The Labute approximate surface area is 95.6 Å². The van der Waals surface area contributed by atoms with Gasteiger partial charge in [-0.05, 0) is 6.92 Å². The molecule has 0 aliphatic rings. The quantitative estimate of drug-likeness (QED) is 0.792. The van der Waals surface area contributed by atoms with Crippen LogP contribution in [0.2, 0.25) is 0 Å². The maximum absolute atomic E-state index is 12.5. The summed E-state index contributed by atoms with van der Waals surface area (Å²) in [5, 5.41) is 0. The predicted molar refractivity (Wildman–Crippen MR) is 53.5 cm³/mol. The predicted octanol–water partition coefficient (Wildman–Crippen LogP) is 2.26. The monoisotopic (exact) mass is 271 g/mol. The van der Waals surface area contributed by atoms with Crippen LogP contribution in [0.15, 0.2) is 11.1 Å². The Bertz CT molecular complexity index is 504. The number of ether oxygens (including phenoxy) is 1. The van der Waals surface area contributed by atoms with Gasteiger partial charge in [0.2, 0.25) is 0 Å². The maximum atomic E-state index is 12.5. The van der Waals surface area contributed by atoms with Crippen LogP contribution < -0.4 is 4.74 Å². The Kier molecular flexibility index (Phi) is 3.69. The van der Waals surface area contributed by atoms with Crippen LogP contribution in [0.25, 0.3) is 0 Å². The number of pyridine rings is 1. The summed E-state index contributed by atoms with van der Waals surface area (Å²) < 4.78 is 51.9. The van der Waals surface area contributed by atoms with Gasteiger partial charge in [0, 0.05) is 22.4 Å². The average molecular weight is 272 g/mol. The van der Waals surface area contributed by atoms with E-state index in [0.29, 0.717) is 0 Å². The molecule has 90 valence electrons. The molecular weight excluding hydrogens is 264 g/mol. The van der Waals surface area contributed by atoms with Crippen molar-refractivity contribution in [3.63, 3.8) is 0 Å². The Balaban J connectivity index is 3.53. The maximum Gasteiger partial charge on any atom is 0.284 e. The van der Waals surface area contributed by atoms with E-state index in [9.17, 15) is 17.2 Å². The fraction of sp³-hybridized carbons (Fsp3) is 0.375. The highest BCUT2D eigenvalue weighted by Crippen LogP contribution is 2.34. The molecule has 0 saturated carbocycles. The van der Waals surface area contributed by atoms with E-state index in [2.05, 4.69) is 4.98 Å². The van der Waals surface area contributed by atoms with Crippen molar-refractivity contribution >= 4 is 19.7 Å². The molecule has 0 radical (unpaired) electrons. The van der Waals surface area contributed by atoms with Crippen molar-refractivity contribution in [2.75, 3.05) is 7.11 Å². The molecule has 1 rings (SSSR count). The van der Waals surface area contributed by atoms with Gasteiger partial charge in [0.1, 0.15) is 10.6 Å². The molecule has 0 fully saturated rings. The number of aromatic nitrogens is 1. The van der Waals surface area contributed by atoms with Crippen LogP contribution in [0.4, 0.5) is 8.78 Å². The molecule has 0 N–H and O–H groups in total. The van der Waals surface area contributed by atoms with Crippen LogP contribution in [-0.2, 0) is 9.05 Å². The molecule has 0 aliphatic heterocycles. The van der Waals surface area contributed by atoms with Gasteiger partial charge < -0.3 is 4.74 Å². The first-order valence-electron chi connectivity index (χ1n) is 4.05. The summed E-state index contributed by atoms with van der Waals surface area (Å²) in [5.74, 6) is -0.267. The minimum atomic E-state index is -4.02. The molecule has 1 heterocycles. The Morgan fingerprint density at radius 3 is 2.44 bits per heavy atom. The smallest absolute Gasteiger partial charge is 0.284 e. The molecular formula is C8H8ClF2NO3S. The summed E-state index contributed by atoms with van der Waals surface area (Å²) in [4.78, 5) is 3.00. The minimum Gasteiger partial charge on any atom is -0.494 e. The number of methoxy groups -OCH3 is 1. The summed E-state index contributed by atoms with van der Waals surface area (Å²) >= 11 is 0. The summed E-state index contributed by atoms with van der Waals surface area (Å²) in [5.41, 5.74) is -0.591. The topological polar surface area (TPSA) is 56.3 Å². The van der Waals surface area contributed by atoms with Crippen molar-refractivity contribution in [1.29, 1.82) is 0 Å². The Morgan fingerprint density at radius 2 is 2.06 bits per heavy atom. The second kappa shape index (κ2) is 4.50. The van der Waals surface area contributed by atoms with E-state index in [1.165, 1.54) is 6.92 Å². The molecule has 0 saturated heterocycles. The largest absolute Gasteiger partial charge is 0.494 e. The lowest BCUT2D eigenvalue weighted by Gasteiger charge is -2.11. The highest BCUT2D eigenvalue weighted by Gasteiger charge is 2.24. The number of hydrogen-bond acceptors (Lipinski definition) is 4. The molecule has 16 heavy (non-hydrogen) atoms. The zero-order valence-corrected chi connectivity index (χ0v) is 9.94. The van der Waals surface area contributed by atoms with E-state index < -0.39 is 21.2 Å². The molecule has 0 spiro atoms. The van der Waals surface area contributed by atoms with Crippen molar-refractivity contribution in [3.05, 3.63) is 17.5 Å². The van der Waals surface area contributed by atoms with Gasteiger partial charge in [-0.1, -0.05) is 0 Å². The zero-order chi connectivity index (χ0) is 12.5. The van der Waals surface area contributed by atoms with Crippen LogP contribution in [0.1, 0.15) is 17.7 Å². The number of rotatable bonds is 3. The lowest BCUT2D eigenvalue weighted by atomic mass is 10.2. The summed E-state index contributed by atoms with van der Waals surface area (Å²) in [6, 6.07) is 0. The number of halogens is 3. The number of nitrogens with zero attached hydrogens (tertiary/aromatic N) is 1. The van der Waals surface area contributed by atoms with E-state index in [1.54, 1.807) is 0 Å². The van der Waals surface area contributed by atoms with Gasteiger partial charge in [-0.2, -0.15) is 0 Å². The van der Waals surface area contributed by atoms with Crippen LogP contribution in [-0.4, -0.2) is 20.5 Å². The minimum absolute atomic E-state index is 0.0165. The van der Waals surface area contributed by atoms with Gasteiger partial charge in [0.05, 0.1) is 7.11 Å². The zero-order valence-electron chi connectivity index (χ0n) is 8.37. The van der Waals surface area contributed by atoms with Crippen LogP contribution >= 0.6 is 10.7 Å². The molecule has 1 aromatic heterocycles. The highest BCUT2D eigenvalue weighted by atomic mass is 35.7. The third kappa shape index (κ3) is 2.41. The van der Waals surface area contributed by atoms with E-state index in [0.717, 1.165) is 13.3 Å². The van der Waals surface area contributed by atoms with Gasteiger partial charge in [-0.25, -0.2) is 22.2 Å². The highest BCUT2D eigenvalue weighted by molar-refractivity contribution is 8.13. The van der Waals surface area contributed by atoms with Crippen LogP contribution in [0.5, 0.6) is 5.75 Å². The molecule has 1 aromatic rings. The normalized spacial score (nSPS) is 11.9. The van der Waals surface area contributed by atoms with E-state index in [-0.39, 0.29) is 16.2 Å². The first-order chi connectivity index (χ1) is 7.29. The molecule has 0 unspecified atom stereocenters. The Morgan fingerprint density at radius 1 is 1.50 bits per heavy atom. The van der Waals surface area contributed by atoms with Gasteiger partial charge >= 0.3 is 0 Å². The van der Waals surface area contributed by atoms with Gasteiger partial charge in [0.25, 0.3) is 15.5 Å². The van der Waals surface area contributed by atoms with Crippen molar-refractivity contribution in [2.24, 2.45) is 0 Å². The summed E-state index contributed by atoms with van der Waals surface area (Å²) in [6.07, 6.45) is -2.05. The third-order valence-corrected chi connectivity index (χ3v) is 3.37. The summed E-state index contributed by atoms with van der Waals surface area (Å²) in [7, 11) is 2.24. The fourth-order valence-corrected chi connectivity index (χ4v) is 2.35. The van der Waals surface area contributed by atoms with E-state index >= 15 is 0 Å². The molecule has 0 atom stereocenters. The summed E-state index contributed by atoms with van der Waals surface area (Å²) in [6.45, 7) is 1.32. The van der Waals surface area contributed by atoms with Gasteiger partial charge in [0.15, 0.2) is 5.75 Å². The molecule has 0 aromatic carbocycles. The van der Waals surface area contributed by atoms with Crippen LogP contribution in [0, 0.1) is 6.92 Å². The molecule has 4 nitrogen and oxygen atoms in total. The SMILES string of the molecule is COc1c(C(F)F)ncc(S(=O)(=O)Cl)c1C. The first kappa shape index (κ1) is 13.1. The molecule has 0 amide bonds.